The molecule has 0 radical (unpaired) electrons. The molecule has 1 fully saturated rings. The van der Waals surface area contributed by atoms with Crippen molar-refractivity contribution in [3.63, 3.8) is 0 Å². The normalized spacial score (nSPS) is 19.0. The zero-order valence-corrected chi connectivity index (χ0v) is 13.6. The second-order valence-electron chi connectivity index (χ2n) is 4.88. The summed E-state index contributed by atoms with van der Waals surface area (Å²) in [5, 5.41) is 1.10. The van der Waals surface area contributed by atoms with Crippen LogP contribution in [-0.4, -0.2) is 47.9 Å². The average molecular weight is 331 g/mol. The van der Waals surface area contributed by atoms with Crippen LogP contribution < -0.4 is 0 Å². The predicted molar refractivity (Wildman–Crippen MR) is 83.8 cm³/mol. The van der Waals surface area contributed by atoms with E-state index in [4.69, 9.17) is 0 Å². The van der Waals surface area contributed by atoms with Gasteiger partial charge in [-0.2, -0.15) is 0 Å². The van der Waals surface area contributed by atoms with Crippen molar-refractivity contribution in [2.24, 2.45) is 0 Å². The highest BCUT2D eigenvalue weighted by Gasteiger charge is 2.14. The third-order valence-electron chi connectivity index (χ3n) is 3.53. The van der Waals surface area contributed by atoms with E-state index in [9.17, 15) is 0 Å². The van der Waals surface area contributed by atoms with Gasteiger partial charge in [-0.3, -0.25) is 4.90 Å². The molecule has 0 aromatic carbocycles. The highest BCUT2D eigenvalue weighted by molar-refractivity contribution is 9.09. The maximum Gasteiger partial charge on any atom is 0.0328 e. The zero-order valence-electron chi connectivity index (χ0n) is 11.2. The Balaban J connectivity index is 1.82. The lowest BCUT2D eigenvalue weighted by Gasteiger charge is -2.20. The fraction of sp³-hybridized carbons (Fsp3) is 0.714. The van der Waals surface area contributed by atoms with E-state index in [1.807, 2.05) is 11.3 Å². The van der Waals surface area contributed by atoms with Crippen LogP contribution in [0.1, 0.15) is 23.1 Å². The Morgan fingerprint density at radius 3 is 2.56 bits per heavy atom. The largest absolute Gasteiger partial charge is 0.301 e. The third kappa shape index (κ3) is 4.34. The molecule has 0 amide bonds. The molecule has 0 bridgehead atoms. The molecule has 1 saturated heterocycles. The van der Waals surface area contributed by atoms with Gasteiger partial charge < -0.3 is 4.90 Å². The molecule has 18 heavy (non-hydrogen) atoms. The van der Waals surface area contributed by atoms with Crippen LogP contribution in [0.2, 0.25) is 0 Å². The highest BCUT2D eigenvalue weighted by Crippen LogP contribution is 2.19. The Labute approximate surface area is 123 Å². The van der Waals surface area contributed by atoms with E-state index in [1.54, 1.807) is 0 Å². The Morgan fingerprint density at radius 2 is 1.83 bits per heavy atom. The van der Waals surface area contributed by atoms with E-state index in [0.29, 0.717) is 0 Å². The molecule has 2 rings (SSSR count). The lowest BCUT2D eigenvalue weighted by molar-refractivity contribution is 0.260. The summed E-state index contributed by atoms with van der Waals surface area (Å²) in [5.74, 6) is 0. The molecular formula is C14H23BrN2S. The molecule has 0 atom stereocenters. The van der Waals surface area contributed by atoms with Crippen LogP contribution in [0.5, 0.6) is 0 Å². The van der Waals surface area contributed by atoms with E-state index in [-0.39, 0.29) is 0 Å². The molecule has 0 aliphatic carbocycles. The summed E-state index contributed by atoms with van der Waals surface area (Å²) >= 11 is 5.52. The molecule has 0 N–H and O–H groups in total. The van der Waals surface area contributed by atoms with Gasteiger partial charge in [-0.15, -0.1) is 11.3 Å². The number of halogens is 1. The summed E-state index contributed by atoms with van der Waals surface area (Å²) in [5.41, 5.74) is 0. The molecule has 0 spiro atoms. The smallest absolute Gasteiger partial charge is 0.0328 e. The first-order valence-corrected chi connectivity index (χ1v) is 8.84. The Hall–Kier alpha value is 0.1000. The van der Waals surface area contributed by atoms with Crippen molar-refractivity contribution in [1.29, 1.82) is 0 Å². The number of aryl methyl sites for hydroxylation is 1. The van der Waals surface area contributed by atoms with Gasteiger partial charge in [-0.25, -0.2) is 0 Å². The summed E-state index contributed by atoms with van der Waals surface area (Å²) in [7, 11) is 0. The van der Waals surface area contributed by atoms with Crippen molar-refractivity contribution in [1.82, 2.24) is 9.80 Å². The summed E-state index contributed by atoms with van der Waals surface area (Å²) in [4.78, 5) is 8.22. The van der Waals surface area contributed by atoms with Crippen LogP contribution in [0.3, 0.4) is 0 Å². The van der Waals surface area contributed by atoms with Gasteiger partial charge in [-0.05, 0) is 38.1 Å². The SMILES string of the molecule is CCc1ccc(CN2CCCN(CCBr)CC2)s1. The summed E-state index contributed by atoms with van der Waals surface area (Å²) in [6.45, 7) is 9.51. The molecule has 2 heterocycles. The molecule has 0 saturated carbocycles. The monoisotopic (exact) mass is 330 g/mol. The number of thiophene rings is 1. The second kappa shape index (κ2) is 7.63. The van der Waals surface area contributed by atoms with Crippen molar-refractivity contribution < 1.29 is 0 Å². The Bertz CT molecular complexity index is 353. The van der Waals surface area contributed by atoms with Gasteiger partial charge in [0.25, 0.3) is 0 Å². The summed E-state index contributed by atoms with van der Waals surface area (Å²) < 4.78 is 0. The maximum absolute atomic E-state index is 3.54. The van der Waals surface area contributed by atoms with Crippen molar-refractivity contribution in [3.05, 3.63) is 21.9 Å². The van der Waals surface area contributed by atoms with E-state index in [0.717, 1.165) is 11.9 Å². The molecule has 1 aromatic rings. The molecular weight excluding hydrogens is 308 g/mol. The lowest BCUT2D eigenvalue weighted by atomic mass is 10.3. The Morgan fingerprint density at radius 1 is 1.11 bits per heavy atom. The molecule has 2 nitrogen and oxygen atoms in total. The summed E-state index contributed by atoms with van der Waals surface area (Å²) in [6, 6.07) is 4.60. The summed E-state index contributed by atoms with van der Waals surface area (Å²) in [6.07, 6.45) is 2.47. The fourth-order valence-corrected chi connectivity index (χ4v) is 3.95. The van der Waals surface area contributed by atoms with Gasteiger partial charge in [0.15, 0.2) is 0 Å². The van der Waals surface area contributed by atoms with E-state index in [2.05, 4.69) is 44.8 Å². The third-order valence-corrected chi connectivity index (χ3v) is 5.10. The topological polar surface area (TPSA) is 6.48 Å². The van der Waals surface area contributed by atoms with Gasteiger partial charge in [0, 0.05) is 41.3 Å². The minimum Gasteiger partial charge on any atom is -0.301 e. The maximum atomic E-state index is 3.54. The first kappa shape index (κ1) is 14.5. The van der Waals surface area contributed by atoms with Crippen LogP contribution in [0.4, 0.5) is 0 Å². The van der Waals surface area contributed by atoms with Gasteiger partial charge in [0.1, 0.15) is 0 Å². The quantitative estimate of drug-likeness (QED) is 0.765. The van der Waals surface area contributed by atoms with E-state index in [1.165, 1.54) is 55.3 Å². The van der Waals surface area contributed by atoms with E-state index < -0.39 is 0 Å². The van der Waals surface area contributed by atoms with Gasteiger partial charge >= 0.3 is 0 Å². The van der Waals surface area contributed by atoms with Crippen molar-refractivity contribution in [2.45, 2.75) is 26.3 Å². The minimum atomic E-state index is 1.10. The number of hydrogen-bond donors (Lipinski definition) is 0. The van der Waals surface area contributed by atoms with E-state index >= 15 is 0 Å². The number of hydrogen-bond acceptors (Lipinski definition) is 3. The van der Waals surface area contributed by atoms with Crippen molar-refractivity contribution in [3.8, 4) is 0 Å². The zero-order chi connectivity index (χ0) is 12.8. The van der Waals surface area contributed by atoms with Crippen LogP contribution in [-0.2, 0) is 13.0 Å². The second-order valence-corrected chi connectivity index (χ2v) is 6.93. The minimum absolute atomic E-state index is 1.10. The lowest BCUT2D eigenvalue weighted by Crippen LogP contribution is -2.31. The van der Waals surface area contributed by atoms with Crippen LogP contribution in [0.25, 0.3) is 0 Å². The van der Waals surface area contributed by atoms with Crippen LogP contribution in [0.15, 0.2) is 12.1 Å². The number of rotatable bonds is 5. The average Bonchev–Trinajstić information content (AvgIpc) is 2.71. The molecule has 0 unspecified atom stereocenters. The highest BCUT2D eigenvalue weighted by atomic mass is 79.9. The first-order valence-electron chi connectivity index (χ1n) is 6.90. The molecule has 1 aliphatic heterocycles. The molecule has 102 valence electrons. The van der Waals surface area contributed by atoms with Crippen molar-refractivity contribution >= 4 is 27.3 Å². The van der Waals surface area contributed by atoms with Crippen molar-refractivity contribution in [2.75, 3.05) is 38.1 Å². The standard InChI is InChI=1S/C14H23BrN2S/c1-2-13-4-5-14(18-13)12-17-8-3-7-16(9-6-15)10-11-17/h4-5H,2-3,6-12H2,1H3. The van der Waals surface area contributed by atoms with Crippen LogP contribution in [0, 0.1) is 0 Å². The van der Waals surface area contributed by atoms with Crippen LogP contribution >= 0.6 is 27.3 Å². The van der Waals surface area contributed by atoms with Gasteiger partial charge in [0.05, 0.1) is 0 Å². The molecule has 1 aliphatic rings. The molecule has 1 aromatic heterocycles. The Kier molecular flexibility index (Phi) is 6.15. The first-order chi connectivity index (χ1) is 8.81. The predicted octanol–water partition coefficient (Wildman–Crippen LogP) is 3.21. The van der Waals surface area contributed by atoms with Gasteiger partial charge in [0.2, 0.25) is 0 Å². The number of alkyl halides is 1. The number of nitrogens with zero attached hydrogens (tertiary/aromatic N) is 2. The fourth-order valence-electron chi connectivity index (χ4n) is 2.44. The molecule has 4 heteroatoms. The van der Waals surface area contributed by atoms with Gasteiger partial charge in [-0.1, -0.05) is 22.9 Å².